The number of hydrogen-bond acceptors (Lipinski definition) is 3. The van der Waals surface area contributed by atoms with Crippen LogP contribution in [0.4, 0.5) is 0 Å². The molecule has 15 heavy (non-hydrogen) atoms. The molecule has 0 aliphatic carbocycles. The van der Waals surface area contributed by atoms with Crippen LogP contribution in [-0.4, -0.2) is 21.4 Å². The molecular weight excluding hydrogens is 319 g/mol. The van der Waals surface area contributed by atoms with Crippen molar-refractivity contribution in [2.75, 3.05) is 11.0 Å². The molecule has 1 atom stereocenters. The molecule has 0 fully saturated rings. The number of amidine groups is 1. The van der Waals surface area contributed by atoms with E-state index in [0.717, 1.165) is 18.3 Å². The number of thioether (sulfide) groups is 1. The first kappa shape index (κ1) is 11.3. The lowest BCUT2D eigenvalue weighted by molar-refractivity contribution is 0.916. The van der Waals surface area contributed by atoms with Gasteiger partial charge in [0, 0.05) is 16.2 Å². The number of aliphatic imine (C=N–C) groups is 1. The Labute approximate surface area is 108 Å². The summed E-state index contributed by atoms with van der Waals surface area (Å²) in [5.74, 6) is 0. The fourth-order valence-electron chi connectivity index (χ4n) is 1.37. The van der Waals surface area contributed by atoms with E-state index in [-0.39, 0.29) is 0 Å². The van der Waals surface area contributed by atoms with Crippen molar-refractivity contribution >= 4 is 39.5 Å². The van der Waals surface area contributed by atoms with E-state index in [1.807, 2.05) is 17.8 Å². The summed E-state index contributed by atoms with van der Waals surface area (Å²) in [6.45, 7) is 1.84. The van der Waals surface area contributed by atoms with Crippen LogP contribution in [0.3, 0.4) is 0 Å². The molecule has 1 aromatic rings. The summed E-state index contributed by atoms with van der Waals surface area (Å²) >= 11 is 4.28. The van der Waals surface area contributed by atoms with Crippen LogP contribution in [-0.2, 0) is 6.54 Å². The molecule has 0 saturated carbocycles. The van der Waals surface area contributed by atoms with E-state index in [4.69, 9.17) is 0 Å². The largest absolute Gasteiger partial charge is 0.361 e. The Morgan fingerprint density at radius 1 is 1.40 bits per heavy atom. The van der Waals surface area contributed by atoms with Crippen LogP contribution in [0.2, 0.25) is 0 Å². The molecule has 0 spiro atoms. The van der Waals surface area contributed by atoms with Crippen molar-refractivity contribution in [2.24, 2.45) is 4.99 Å². The maximum absolute atomic E-state index is 4.47. The summed E-state index contributed by atoms with van der Waals surface area (Å²) in [5.41, 5.74) is 1.30. The number of nitrogens with one attached hydrogen (secondary N) is 1. The van der Waals surface area contributed by atoms with Gasteiger partial charge in [-0.15, -0.1) is 0 Å². The monoisotopic (exact) mass is 332 g/mol. The Bertz CT molecular complexity index is 340. The molecule has 1 aliphatic heterocycles. The molecule has 0 bridgehead atoms. The Hall–Kier alpha value is -0.230. The minimum absolute atomic E-state index is 0.670. The van der Waals surface area contributed by atoms with Gasteiger partial charge >= 0.3 is 0 Å². The lowest BCUT2D eigenvalue weighted by atomic mass is 10.2. The Morgan fingerprint density at radius 3 is 2.87 bits per heavy atom. The number of alkyl halides is 1. The number of halogens is 1. The van der Waals surface area contributed by atoms with Gasteiger partial charge in [-0.1, -0.05) is 64.7 Å². The first-order chi connectivity index (χ1) is 7.38. The molecule has 0 saturated heterocycles. The highest BCUT2D eigenvalue weighted by atomic mass is 127. The maximum atomic E-state index is 4.47. The van der Waals surface area contributed by atoms with Crippen molar-refractivity contribution in [2.45, 2.75) is 11.8 Å². The molecule has 0 aromatic heterocycles. The molecule has 1 unspecified atom stereocenters. The average molecular weight is 332 g/mol. The molecule has 80 valence electrons. The van der Waals surface area contributed by atoms with Crippen molar-refractivity contribution in [3.05, 3.63) is 35.9 Å². The molecule has 1 heterocycles. The van der Waals surface area contributed by atoms with Gasteiger partial charge in [-0.05, 0) is 5.56 Å². The van der Waals surface area contributed by atoms with E-state index in [2.05, 4.69) is 57.2 Å². The van der Waals surface area contributed by atoms with Crippen molar-refractivity contribution in [3.8, 4) is 0 Å². The number of nitrogens with zero attached hydrogens (tertiary/aromatic N) is 1. The zero-order valence-electron chi connectivity index (χ0n) is 8.32. The normalized spacial score (nSPS) is 20.1. The fraction of sp³-hybridized carbons (Fsp3) is 0.364. The number of hydrogen-bond donors (Lipinski definition) is 1. The fourth-order valence-corrected chi connectivity index (χ4v) is 3.02. The minimum Gasteiger partial charge on any atom is -0.361 e. The van der Waals surface area contributed by atoms with Crippen molar-refractivity contribution in [1.82, 2.24) is 5.32 Å². The first-order valence-corrected chi connectivity index (χ1v) is 7.34. The summed E-state index contributed by atoms with van der Waals surface area (Å²) in [4.78, 5) is 4.47. The zero-order chi connectivity index (χ0) is 10.5. The van der Waals surface area contributed by atoms with Gasteiger partial charge < -0.3 is 5.32 Å². The van der Waals surface area contributed by atoms with E-state index < -0.39 is 0 Å². The topological polar surface area (TPSA) is 24.4 Å². The second kappa shape index (κ2) is 5.75. The quantitative estimate of drug-likeness (QED) is 0.680. The molecular formula is C11H13IN2S. The SMILES string of the molecule is ICC1CN=C(NCc2ccccc2)S1. The Balaban J connectivity index is 1.80. The van der Waals surface area contributed by atoms with E-state index >= 15 is 0 Å². The molecule has 4 heteroatoms. The Kier molecular flexibility index (Phi) is 4.31. The van der Waals surface area contributed by atoms with Gasteiger partial charge in [0.05, 0.1) is 6.54 Å². The third kappa shape index (κ3) is 3.38. The second-order valence-corrected chi connectivity index (χ2v) is 5.55. The van der Waals surface area contributed by atoms with E-state index in [1.165, 1.54) is 9.99 Å². The first-order valence-electron chi connectivity index (χ1n) is 4.93. The highest BCUT2D eigenvalue weighted by molar-refractivity contribution is 14.1. The third-order valence-electron chi connectivity index (χ3n) is 2.18. The van der Waals surface area contributed by atoms with Crippen LogP contribution >= 0.6 is 34.4 Å². The molecule has 1 N–H and O–H groups in total. The van der Waals surface area contributed by atoms with Crippen LogP contribution in [0.1, 0.15) is 5.56 Å². The second-order valence-electron chi connectivity index (χ2n) is 3.38. The van der Waals surface area contributed by atoms with Gasteiger partial charge in [-0.3, -0.25) is 4.99 Å². The molecule has 0 radical (unpaired) electrons. The van der Waals surface area contributed by atoms with E-state index in [1.54, 1.807) is 0 Å². The predicted octanol–water partition coefficient (Wildman–Crippen LogP) is 2.68. The summed E-state index contributed by atoms with van der Waals surface area (Å²) < 4.78 is 1.17. The highest BCUT2D eigenvalue weighted by Gasteiger charge is 2.17. The third-order valence-corrected chi connectivity index (χ3v) is 4.98. The van der Waals surface area contributed by atoms with Crippen molar-refractivity contribution in [1.29, 1.82) is 0 Å². The van der Waals surface area contributed by atoms with Crippen LogP contribution in [0.25, 0.3) is 0 Å². The zero-order valence-corrected chi connectivity index (χ0v) is 11.3. The standard InChI is InChI=1S/C11H13IN2S/c12-6-10-8-14-11(15-10)13-7-9-4-2-1-3-5-9/h1-5,10H,6-8H2,(H,13,14). The molecule has 2 rings (SSSR count). The van der Waals surface area contributed by atoms with Crippen LogP contribution in [0, 0.1) is 0 Å². The summed E-state index contributed by atoms with van der Waals surface area (Å²) in [6.07, 6.45) is 0. The highest BCUT2D eigenvalue weighted by Crippen LogP contribution is 2.21. The molecule has 2 nitrogen and oxygen atoms in total. The smallest absolute Gasteiger partial charge is 0.157 e. The molecule has 1 aromatic carbocycles. The Morgan fingerprint density at radius 2 is 2.20 bits per heavy atom. The predicted molar refractivity (Wildman–Crippen MR) is 75.8 cm³/mol. The minimum atomic E-state index is 0.670. The lowest BCUT2D eigenvalue weighted by Gasteiger charge is -2.06. The van der Waals surface area contributed by atoms with Gasteiger partial charge in [0.1, 0.15) is 0 Å². The summed E-state index contributed by atoms with van der Waals surface area (Å²) in [6, 6.07) is 10.4. The summed E-state index contributed by atoms with van der Waals surface area (Å²) in [7, 11) is 0. The molecule has 1 aliphatic rings. The van der Waals surface area contributed by atoms with Crippen LogP contribution in [0.15, 0.2) is 35.3 Å². The van der Waals surface area contributed by atoms with Crippen molar-refractivity contribution in [3.63, 3.8) is 0 Å². The maximum Gasteiger partial charge on any atom is 0.157 e. The molecule has 0 amide bonds. The van der Waals surface area contributed by atoms with Gasteiger partial charge in [-0.25, -0.2) is 0 Å². The average Bonchev–Trinajstić information content (AvgIpc) is 2.76. The van der Waals surface area contributed by atoms with Gasteiger partial charge in [-0.2, -0.15) is 0 Å². The number of benzene rings is 1. The van der Waals surface area contributed by atoms with Crippen LogP contribution < -0.4 is 5.32 Å². The van der Waals surface area contributed by atoms with Gasteiger partial charge in [0.25, 0.3) is 0 Å². The lowest BCUT2D eigenvalue weighted by Crippen LogP contribution is -2.18. The van der Waals surface area contributed by atoms with E-state index in [9.17, 15) is 0 Å². The van der Waals surface area contributed by atoms with Gasteiger partial charge in [0.15, 0.2) is 5.17 Å². The van der Waals surface area contributed by atoms with Crippen LogP contribution in [0.5, 0.6) is 0 Å². The van der Waals surface area contributed by atoms with Gasteiger partial charge in [0.2, 0.25) is 0 Å². The van der Waals surface area contributed by atoms with Crippen molar-refractivity contribution < 1.29 is 0 Å². The van der Waals surface area contributed by atoms with E-state index in [0.29, 0.717) is 5.25 Å². The summed E-state index contributed by atoms with van der Waals surface area (Å²) in [5, 5.41) is 5.14. The number of rotatable bonds is 3.